The molecule has 1 heterocycles. The summed E-state index contributed by atoms with van der Waals surface area (Å²) < 4.78 is 0. The molecular formula is C13H15NO2. The molecule has 2 rings (SSSR count). The molecule has 0 unspecified atom stereocenters. The van der Waals surface area contributed by atoms with Crippen molar-refractivity contribution in [2.45, 2.75) is 32.6 Å². The lowest BCUT2D eigenvalue weighted by Gasteiger charge is -2.14. The van der Waals surface area contributed by atoms with Crippen LogP contribution in [0.15, 0.2) is 18.2 Å². The fraction of sp³-hybridized carbons (Fsp3) is 0.385. The van der Waals surface area contributed by atoms with Crippen molar-refractivity contribution in [3.8, 4) is 0 Å². The van der Waals surface area contributed by atoms with Crippen molar-refractivity contribution < 1.29 is 9.59 Å². The highest BCUT2D eigenvalue weighted by atomic mass is 16.2. The van der Waals surface area contributed by atoms with Gasteiger partial charge in [0, 0.05) is 18.4 Å². The van der Waals surface area contributed by atoms with Crippen LogP contribution in [-0.2, 0) is 11.2 Å². The van der Waals surface area contributed by atoms with Gasteiger partial charge >= 0.3 is 0 Å². The summed E-state index contributed by atoms with van der Waals surface area (Å²) in [5, 5.41) is 2.78. The number of Topliss-reactive ketones (excluding diaryl/α,β-unsaturated/α-hetero) is 1. The first-order chi connectivity index (χ1) is 7.70. The third kappa shape index (κ3) is 2.13. The molecule has 0 fully saturated rings. The Kier molecular flexibility index (Phi) is 3.04. The molecule has 0 saturated carbocycles. The summed E-state index contributed by atoms with van der Waals surface area (Å²) in [7, 11) is 0. The van der Waals surface area contributed by atoms with E-state index in [4.69, 9.17) is 0 Å². The second-order valence-corrected chi connectivity index (χ2v) is 4.06. The molecule has 3 heteroatoms. The lowest BCUT2D eigenvalue weighted by molar-refractivity contribution is -0.116. The maximum Gasteiger partial charge on any atom is 0.224 e. The van der Waals surface area contributed by atoms with E-state index < -0.39 is 0 Å². The van der Waals surface area contributed by atoms with Crippen LogP contribution in [0.1, 0.15) is 42.1 Å². The average molecular weight is 217 g/mol. The van der Waals surface area contributed by atoms with Crippen LogP contribution in [-0.4, -0.2) is 11.7 Å². The summed E-state index contributed by atoms with van der Waals surface area (Å²) in [6.07, 6.45) is 2.43. The molecule has 1 aromatic rings. The number of hydrogen-bond acceptors (Lipinski definition) is 2. The zero-order chi connectivity index (χ0) is 11.5. The molecule has 1 aliphatic heterocycles. The van der Waals surface area contributed by atoms with E-state index >= 15 is 0 Å². The molecule has 16 heavy (non-hydrogen) atoms. The highest BCUT2D eigenvalue weighted by Gasteiger charge is 2.17. The zero-order valence-electron chi connectivity index (χ0n) is 9.38. The van der Waals surface area contributed by atoms with E-state index in [-0.39, 0.29) is 11.7 Å². The Morgan fingerprint density at radius 1 is 1.25 bits per heavy atom. The minimum Gasteiger partial charge on any atom is -0.325 e. The van der Waals surface area contributed by atoms with Crippen molar-refractivity contribution >= 4 is 17.4 Å². The molecular weight excluding hydrogens is 202 g/mol. The number of rotatable bonds is 1. The van der Waals surface area contributed by atoms with Gasteiger partial charge in [-0.2, -0.15) is 0 Å². The topological polar surface area (TPSA) is 46.2 Å². The number of ketones is 1. The second-order valence-electron chi connectivity index (χ2n) is 4.06. The van der Waals surface area contributed by atoms with E-state index in [0.29, 0.717) is 30.5 Å². The van der Waals surface area contributed by atoms with Crippen molar-refractivity contribution in [1.29, 1.82) is 0 Å². The molecule has 3 nitrogen and oxygen atoms in total. The quantitative estimate of drug-likeness (QED) is 0.785. The fourth-order valence-electron chi connectivity index (χ4n) is 1.91. The van der Waals surface area contributed by atoms with E-state index in [1.807, 2.05) is 25.1 Å². The summed E-state index contributed by atoms with van der Waals surface area (Å²) >= 11 is 0. The molecule has 0 aliphatic carbocycles. The molecule has 84 valence electrons. The van der Waals surface area contributed by atoms with Crippen molar-refractivity contribution in [2.24, 2.45) is 0 Å². The first-order valence-electron chi connectivity index (χ1n) is 5.66. The van der Waals surface area contributed by atoms with Gasteiger partial charge in [0.25, 0.3) is 0 Å². The van der Waals surface area contributed by atoms with E-state index in [1.165, 1.54) is 0 Å². The summed E-state index contributed by atoms with van der Waals surface area (Å²) in [5.74, 6) is 0.128. The molecule has 0 bridgehead atoms. The SMILES string of the molecule is CCc1ccc2c(c1)C(=O)CCCC(=O)N2. The van der Waals surface area contributed by atoms with Crippen LogP contribution in [0.2, 0.25) is 0 Å². The van der Waals surface area contributed by atoms with Crippen LogP contribution in [0.4, 0.5) is 5.69 Å². The van der Waals surface area contributed by atoms with Crippen molar-refractivity contribution in [2.75, 3.05) is 5.32 Å². The van der Waals surface area contributed by atoms with Crippen LogP contribution < -0.4 is 5.32 Å². The average Bonchev–Trinajstić information content (AvgIpc) is 2.27. The summed E-state index contributed by atoms with van der Waals surface area (Å²) in [5.41, 5.74) is 2.45. The normalized spacial score (nSPS) is 16.1. The smallest absolute Gasteiger partial charge is 0.224 e. The molecule has 0 atom stereocenters. The number of nitrogens with one attached hydrogen (secondary N) is 1. The van der Waals surface area contributed by atoms with Crippen molar-refractivity contribution in [3.05, 3.63) is 29.3 Å². The maximum atomic E-state index is 11.9. The number of anilines is 1. The molecule has 0 radical (unpaired) electrons. The summed E-state index contributed by atoms with van der Waals surface area (Å²) in [4.78, 5) is 23.3. The summed E-state index contributed by atoms with van der Waals surface area (Å²) in [6.45, 7) is 2.05. The molecule has 0 spiro atoms. The Hall–Kier alpha value is -1.64. The molecule has 1 N–H and O–H groups in total. The molecule has 1 aliphatic rings. The Bertz CT molecular complexity index is 438. The minimum atomic E-state index is -0.00185. The first-order valence-corrected chi connectivity index (χ1v) is 5.66. The number of carbonyl (C=O) groups excluding carboxylic acids is 2. The van der Waals surface area contributed by atoms with E-state index in [2.05, 4.69) is 5.32 Å². The molecule has 1 amide bonds. The highest BCUT2D eigenvalue weighted by Crippen LogP contribution is 2.23. The van der Waals surface area contributed by atoms with Gasteiger partial charge in [-0.3, -0.25) is 9.59 Å². The number of hydrogen-bond donors (Lipinski definition) is 1. The number of carbonyl (C=O) groups is 2. The molecule has 0 saturated heterocycles. The predicted octanol–water partition coefficient (Wildman–Crippen LogP) is 2.55. The van der Waals surface area contributed by atoms with Gasteiger partial charge in [0.05, 0.1) is 5.69 Å². The van der Waals surface area contributed by atoms with Crippen LogP contribution in [0.3, 0.4) is 0 Å². The Balaban J connectivity index is 2.44. The van der Waals surface area contributed by atoms with E-state index in [0.717, 1.165) is 12.0 Å². The van der Waals surface area contributed by atoms with Crippen molar-refractivity contribution in [1.82, 2.24) is 0 Å². The van der Waals surface area contributed by atoms with Gasteiger partial charge in [0.15, 0.2) is 5.78 Å². The molecule has 1 aromatic carbocycles. The van der Waals surface area contributed by atoms with Crippen LogP contribution in [0, 0.1) is 0 Å². The lowest BCUT2D eigenvalue weighted by atomic mass is 9.98. The third-order valence-corrected chi connectivity index (χ3v) is 2.87. The molecule has 0 aromatic heterocycles. The van der Waals surface area contributed by atoms with Crippen LogP contribution in [0.25, 0.3) is 0 Å². The van der Waals surface area contributed by atoms with Gasteiger partial charge < -0.3 is 5.32 Å². The van der Waals surface area contributed by atoms with Crippen molar-refractivity contribution in [3.63, 3.8) is 0 Å². The minimum absolute atomic E-state index is 0.00185. The van der Waals surface area contributed by atoms with Gasteiger partial charge in [0.2, 0.25) is 5.91 Å². The first kappa shape index (κ1) is 10.9. The van der Waals surface area contributed by atoms with Gasteiger partial charge in [0.1, 0.15) is 0 Å². The Morgan fingerprint density at radius 3 is 2.81 bits per heavy atom. The number of aryl methyl sites for hydroxylation is 1. The van der Waals surface area contributed by atoms with Crippen LogP contribution in [0.5, 0.6) is 0 Å². The predicted molar refractivity (Wildman–Crippen MR) is 62.6 cm³/mol. The van der Waals surface area contributed by atoms with Gasteiger partial charge in [-0.1, -0.05) is 13.0 Å². The van der Waals surface area contributed by atoms with E-state index in [1.54, 1.807) is 0 Å². The second kappa shape index (κ2) is 4.47. The zero-order valence-corrected chi connectivity index (χ0v) is 9.38. The van der Waals surface area contributed by atoms with Crippen LogP contribution >= 0.6 is 0 Å². The Morgan fingerprint density at radius 2 is 2.06 bits per heavy atom. The third-order valence-electron chi connectivity index (χ3n) is 2.87. The van der Waals surface area contributed by atoms with Gasteiger partial charge in [-0.25, -0.2) is 0 Å². The lowest BCUT2D eigenvalue weighted by Crippen LogP contribution is -2.18. The monoisotopic (exact) mass is 217 g/mol. The largest absolute Gasteiger partial charge is 0.325 e. The van der Waals surface area contributed by atoms with E-state index in [9.17, 15) is 9.59 Å². The van der Waals surface area contributed by atoms with Gasteiger partial charge in [-0.15, -0.1) is 0 Å². The highest BCUT2D eigenvalue weighted by molar-refractivity contribution is 6.06. The number of amides is 1. The summed E-state index contributed by atoms with van der Waals surface area (Å²) in [6, 6.07) is 5.67. The number of benzene rings is 1. The fourth-order valence-corrected chi connectivity index (χ4v) is 1.91. The number of fused-ring (bicyclic) bond motifs is 1. The van der Waals surface area contributed by atoms with Gasteiger partial charge in [-0.05, 0) is 30.5 Å². The Labute approximate surface area is 94.9 Å². The standard InChI is InChI=1S/C13H15NO2/c1-2-9-6-7-11-10(8-9)12(15)4-3-5-13(16)14-11/h6-8H,2-5H2,1H3,(H,14,16). The maximum absolute atomic E-state index is 11.9.